The summed E-state index contributed by atoms with van der Waals surface area (Å²) in [6.45, 7) is 14.5. The fourth-order valence-electron chi connectivity index (χ4n) is 11.3. The molecule has 0 bridgehead atoms. The number of hydrogen-bond donors (Lipinski definition) is 0. The van der Waals surface area contributed by atoms with E-state index in [1.807, 2.05) is 190 Å². The number of unbranched alkanes of at least 4 members (excludes halogenated alkanes) is 6. The zero-order valence-electron chi connectivity index (χ0n) is 57.5. The normalized spacial score (nSPS) is 10.9. The number of carbonyl (C=O) groups is 3. The number of ketones is 3. The molecule has 100 heavy (non-hydrogen) atoms. The lowest BCUT2D eigenvalue weighted by Crippen LogP contribution is -2.07. The van der Waals surface area contributed by atoms with Gasteiger partial charge >= 0.3 is 0 Å². The molecule has 0 radical (unpaired) electrons. The number of nitrogens with zero attached hydrogens (tertiary/aromatic N) is 9. The van der Waals surface area contributed by atoms with Crippen molar-refractivity contribution >= 4 is 17.3 Å². The Morgan fingerprint density at radius 1 is 0.420 bits per heavy atom. The third-order valence-corrected chi connectivity index (χ3v) is 16.5. The molecule has 7 aromatic heterocycles. The second-order valence-corrected chi connectivity index (χ2v) is 24.6. The SMILES string of the molecule is C.CC(=O)CCCCCOc1ccccc1Cn1c(C)nnc1-c1ccc(-c2ccco2)cc1.CC(=O)CCCCCOc1ccccc1Cn1cc(C)nc1-c1ccc(-c2ccco2)cn1.CC(=O)CCCCCOc1ccccc1Cn1nc(C)nc1-c1ccc(-c2ccco2)cc1. The van der Waals surface area contributed by atoms with Gasteiger partial charge in [-0.3, -0.25) is 4.98 Å². The minimum atomic E-state index is 0. The van der Waals surface area contributed by atoms with Crippen LogP contribution in [0.3, 0.4) is 0 Å². The Hall–Kier alpha value is -11.0. The first kappa shape index (κ1) is 73.2. The summed E-state index contributed by atoms with van der Waals surface area (Å²) in [6, 6.07) is 56.0. The van der Waals surface area contributed by atoms with Crippen LogP contribution in [0.5, 0.6) is 17.2 Å². The Balaban J connectivity index is 0.000000174. The van der Waals surface area contributed by atoms with Crippen LogP contribution in [0, 0.1) is 20.8 Å². The molecule has 18 heteroatoms. The highest BCUT2D eigenvalue weighted by molar-refractivity contribution is 5.76. The molecule has 0 saturated carbocycles. The summed E-state index contributed by atoms with van der Waals surface area (Å²) in [7, 11) is 0. The van der Waals surface area contributed by atoms with E-state index in [9.17, 15) is 14.4 Å². The standard InChI is InChI=1S/3C27H29N3O3.CH4/c1-20(31)9-4-3-7-17-32-26-11-6-5-10-24(26)19-30-21(2)28-29-27(30)23-15-13-22(14-16-23)25-12-8-18-33-25;1-20(31)9-4-3-7-17-32-26-11-6-5-10-24(26)19-30-27(28-21(2)29-30)23-15-13-22(14-16-23)25-12-8-18-33-25;1-20-18-30(27(29-20)24-14-13-22(17-28-24)25-12-8-16-33-25)19-23-10-5-6-11-26(23)32-15-7-3-4-9-21(2)31;/h2*5-6,8,10-16,18H,3-4,7,9,17,19H2,1-2H3;5-6,8,10-14,16-18H,3-4,7,9,15,19H2,1-2H3;1H4. The fourth-order valence-corrected chi connectivity index (χ4v) is 11.3. The highest BCUT2D eigenvalue weighted by Crippen LogP contribution is 2.31. The van der Waals surface area contributed by atoms with Crippen LogP contribution >= 0.6 is 0 Å². The van der Waals surface area contributed by atoms with E-state index in [1.165, 1.54) is 0 Å². The van der Waals surface area contributed by atoms with Crippen molar-refractivity contribution in [2.45, 2.75) is 146 Å². The largest absolute Gasteiger partial charge is 0.493 e. The molecule has 5 aromatic carbocycles. The van der Waals surface area contributed by atoms with Gasteiger partial charge in [0.25, 0.3) is 0 Å². The first-order valence-electron chi connectivity index (χ1n) is 34.1. The topological polar surface area (TPSA) is 210 Å². The number of hydrogen-bond acceptors (Lipinski definition) is 15. The van der Waals surface area contributed by atoms with Crippen LogP contribution in [-0.2, 0) is 34.0 Å². The monoisotopic (exact) mass is 1350 g/mol. The highest BCUT2D eigenvalue weighted by Gasteiger charge is 2.18. The van der Waals surface area contributed by atoms with Gasteiger partial charge in [0, 0.05) is 76.2 Å². The molecule has 0 atom stereocenters. The van der Waals surface area contributed by atoms with E-state index in [4.69, 9.17) is 32.4 Å². The van der Waals surface area contributed by atoms with Gasteiger partial charge in [0.1, 0.15) is 69.2 Å². The number of benzene rings is 5. The van der Waals surface area contributed by atoms with E-state index in [1.54, 1.807) is 39.6 Å². The molecule has 0 fully saturated rings. The summed E-state index contributed by atoms with van der Waals surface area (Å²) in [5.74, 6) is 9.84. The minimum Gasteiger partial charge on any atom is -0.493 e. The zero-order chi connectivity index (χ0) is 69.1. The summed E-state index contributed by atoms with van der Waals surface area (Å²) >= 11 is 0. The van der Waals surface area contributed by atoms with Crippen LogP contribution in [0.2, 0.25) is 0 Å². The molecule has 0 amide bonds. The lowest BCUT2D eigenvalue weighted by atomic mass is 10.1. The number of para-hydroxylation sites is 3. The van der Waals surface area contributed by atoms with Crippen molar-refractivity contribution in [1.29, 1.82) is 0 Å². The fraction of sp³-hybridized carbons (Fsp3) is 0.305. The van der Waals surface area contributed by atoms with E-state index < -0.39 is 0 Å². The number of furan rings is 3. The molecule has 0 spiro atoms. The van der Waals surface area contributed by atoms with Crippen molar-refractivity contribution in [2.24, 2.45) is 0 Å². The van der Waals surface area contributed by atoms with Crippen LogP contribution in [0.1, 0.15) is 139 Å². The minimum absolute atomic E-state index is 0. The Bertz CT molecular complexity index is 4140. The van der Waals surface area contributed by atoms with E-state index in [0.717, 1.165) is 177 Å². The number of aromatic nitrogens is 9. The Morgan fingerprint density at radius 3 is 1.30 bits per heavy atom. The molecule has 518 valence electrons. The highest BCUT2D eigenvalue weighted by atomic mass is 16.5. The van der Waals surface area contributed by atoms with Gasteiger partial charge in [-0.05, 0) is 166 Å². The summed E-state index contributed by atoms with van der Waals surface area (Å²) in [4.78, 5) is 47.2. The number of aryl methyl sites for hydroxylation is 3. The average molecular weight is 1350 g/mol. The Kier molecular flexibility index (Phi) is 27.6. The second-order valence-electron chi connectivity index (χ2n) is 24.6. The van der Waals surface area contributed by atoms with E-state index in [0.29, 0.717) is 58.7 Å². The van der Waals surface area contributed by atoms with Gasteiger partial charge in [0.15, 0.2) is 17.5 Å². The summed E-state index contributed by atoms with van der Waals surface area (Å²) in [5, 5.41) is 13.4. The molecule has 18 nitrogen and oxygen atoms in total. The molecule has 0 aliphatic heterocycles. The average Bonchev–Trinajstić information content (AvgIpc) is 1.64. The lowest BCUT2D eigenvalue weighted by Gasteiger charge is -2.14. The number of Topliss-reactive ketones (excluding diaryl/α,β-unsaturated/α-hetero) is 3. The number of carbonyl (C=O) groups excluding carboxylic acids is 3. The first-order chi connectivity index (χ1) is 48.3. The van der Waals surface area contributed by atoms with Gasteiger partial charge in [-0.2, -0.15) is 5.10 Å². The van der Waals surface area contributed by atoms with Gasteiger partial charge in [-0.15, -0.1) is 10.2 Å². The lowest BCUT2D eigenvalue weighted by molar-refractivity contribution is -0.118. The third-order valence-electron chi connectivity index (χ3n) is 16.5. The maximum Gasteiger partial charge on any atom is 0.164 e. The Morgan fingerprint density at radius 2 is 0.850 bits per heavy atom. The van der Waals surface area contributed by atoms with Crippen molar-refractivity contribution in [3.8, 4) is 85.5 Å². The molecular weight excluding hydrogens is 1250 g/mol. The van der Waals surface area contributed by atoms with Crippen molar-refractivity contribution in [3.63, 3.8) is 0 Å². The number of ether oxygens (including phenoxy) is 3. The van der Waals surface area contributed by atoms with Crippen molar-refractivity contribution < 1.29 is 41.8 Å². The zero-order valence-corrected chi connectivity index (χ0v) is 57.5. The van der Waals surface area contributed by atoms with Crippen molar-refractivity contribution in [2.75, 3.05) is 19.8 Å². The maximum atomic E-state index is 11.1. The number of rotatable bonds is 33. The predicted molar refractivity (Wildman–Crippen MR) is 391 cm³/mol. The van der Waals surface area contributed by atoms with Gasteiger partial charge in [-0.25, -0.2) is 14.6 Å². The Labute approximate surface area is 586 Å². The molecule has 0 aliphatic rings. The van der Waals surface area contributed by atoms with Crippen LogP contribution in [0.25, 0.3) is 68.3 Å². The molecule has 12 aromatic rings. The third kappa shape index (κ3) is 21.5. The molecule has 0 saturated heterocycles. The smallest absolute Gasteiger partial charge is 0.164 e. The molecule has 12 rings (SSSR count). The van der Waals surface area contributed by atoms with Crippen LogP contribution in [0.4, 0.5) is 0 Å². The second kappa shape index (κ2) is 37.6. The summed E-state index contributed by atoms with van der Waals surface area (Å²) < 4.78 is 40.8. The van der Waals surface area contributed by atoms with Crippen LogP contribution < -0.4 is 14.2 Å². The summed E-state index contributed by atoms with van der Waals surface area (Å²) in [5.41, 5.74) is 9.93. The van der Waals surface area contributed by atoms with E-state index in [2.05, 4.69) is 52.6 Å². The molecule has 0 aliphatic carbocycles. The van der Waals surface area contributed by atoms with Gasteiger partial charge < -0.3 is 51.0 Å². The van der Waals surface area contributed by atoms with Crippen LogP contribution in [-0.4, -0.2) is 81.2 Å². The van der Waals surface area contributed by atoms with Gasteiger partial charge in [0.05, 0.1) is 63.9 Å². The molecular formula is C82H91N9O9. The number of pyridine rings is 1. The summed E-state index contributed by atoms with van der Waals surface area (Å²) in [6.07, 6.45) is 19.3. The van der Waals surface area contributed by atoms with Crippen molar-refractivity contribution in [3.05, 3.63) is 235 Å². The van der Waals surface area contributed by atoms with Gasteiger partial charge in [0.2, 0.25) is 0 Å². The number of imidazole rings is 1. The molecule has 0 unspecified atom stereocenters. The predicted octanol–water partition coefficient (Wildman–Crippen LogP) is 18.9. The van der Waals surface area contributed by atoms with E-state index >= 15 is 0 Å². The van der Waals surface area contributed by atoms with Crippen LogP contribution in [0.15, 0.2) is 214 Å². The molecule has 7 heterocycles. The van der Waals surface area contributed by atoms with Gasteiger partial charge in [-0.1, -0.05) is 111 Å². The van der Waals surface area contributed by atoms with E-state index in [-0.39, 0.29) is 24.8 Å². The first-order valence-corrected chi connectivity index (χ1v) is 34.1. The van der Waals surface area contributed by atoms with Crippen molar-refractivity contribution in [1.82, 2.24) is 44.1 Å². The maximum absolute atomic E-state index is 11.1. The quantitative estimate of drug-likeness (QED) is 0.0350. The molecule has 0 N–H and O–H groups in total.